The number of benzene rings is 3. The molecule has 1 aromatic heterocycles. The predicted molar refractivity (Wildman–Crippen MR) is 172 cm³/mol. The van der Waals surface area contributed by atoms with Crippen molar-refractivity contribution in [2.45, 2.75) is 42.5 Å². The molecule has 4 aromatic rings. The number of anilines is 1. The Kier molecular flexibility index (Phi) is 10.4. The SMILES string of the molecule is COC[C@H](C)NCc1cccc(C2Cc3nccc(Oc4ccc(NC(=S)NC(=O)Cc5ccccc5)cc4F)c3S2)c1. The number of pyridine rings is 1. The summed E-state index contributed by atoms with van der Waals surface area (Å²) in [5.74, 6) is -0.171. The largest absolute Gasteiger partial charge is 0.453 e. The third kappa shape index (κ3) is 8.39. The maximum absolute atomic E-state index is 15.1. The topological polar surface area (TPSA) is 84.5 Å². The second-order valence-electron chi connectivity index (χ2n) is 10.3. The summed E-state index contributed by atoms with van der Waals surface area (Å²) in [4.78, 5) is 17.8. The van der Waals surface area contributed by atoms with Crippen LogP contribution in [0.1, 0.15) is 34.6 Å². The smallest absolute Gasteiger partial charge is 0.230 e. The Morgan fingerprint density at radius 3 is 2.67 bits per heavy atom. The number of fused-ring (bicyclic) bond motifs is 1. The number of methoxy groups -OCH3 is 1. The highest BCUT2D eigenvalue weighted by Gasteiger charge is 2.28. The normalized spacial score (nSPS) is 14.5. The number of hydrogen-bond acceptors (Lipinski definition) is 7. The zero-order valence-electron chi connectivity index (χ0n) is 23.9. The average Bonchev–Trinajstić information content (AvgIpc) is 3.44. The van der Waals surface area contributed by atoms with Crippen molar-refractivity contribution in [3.05, 3.63) is 113 Å². The lowest BCUT2D eigenvalue weighted by Gasteiger charge is -2.15. The van der Waals surface area contributed by atoms with Crippen molar-refractivity contribution in [2.75, 3.05) is 19.0 Å². The fourth-order valence-electron chi connectivity index (χ4n) is 4.77. The van der Waals surface area contributed by atoms with E-state index in [2.05, 4.69) is 52.1 Å². The second kappa shape index (κ2) is 14.6. The van der Waals surface area contributed by atoms with Crippen molar-refractivity contribution in [2.24, 2.45) is 0 Å². The van der Waals surface area contributed by atoms with Crippen molar-refractivity contribution in [1.82, 2.24) is 15.6 Å². The molecule has 7 nitrogen and oxygen atoms in total. The summed E-state index contributed by atoms with van der Waals surface area (Å²) >= 11 is 6.92. The number of thiocarbonyl (C=S) groups is 1. The number of carbonyl (C=O) groups is 1. The van der Waals surface area contributed by atoms with Crippen LogP contribution in [0.15, 0.2) is 90.0 Å². The van der Waals surface area contributed by atoms with Gasteiger partial charge in [-0.15, -0.1) is 11.8 Å². The molecule has 1 amide bonds. The van der Waals surface area contributed by atoms with Gasteiger partial charge in [-0.25, -0.2) is 4.39 Å². The quantitative estimate of drug-likeness (QED) is 0.163. The number of aromatic nitrogens is 1. The summed E-state index contributed by atoms with van der Waals surface area (Å²) in [5.41, 5.74) is 4.61. The molecule has 0 radical (unpaired) electrons. The van der Waals surface area contributed by atoms with Gasteiger partial charge in [-0.1, -0.05) is 54.6 Å². The molecular weight excluding hydrogens is 584 g/mol. The van der Waals surface area contributed by atoms with Crippen LogP contribution in [-0.2, 0) is 28.9 Å². The van der Waals surface area contributed by atoms with Gasteiger partial charge in [0, 0.05) is 55.4 Å². The highest BCUT2D eigenvalue weighted by molar-refractivity contribution is 8.00. The summed E-state index contributed by atoms with van der Waals surface area (Å²) in [6.07, 6.45) is 2.64. The van der Waals surface area contributed by atoms with Crippen LogP contribution in [0.25, 0.3) is 0 Å². The van der Waals surface area contributed by atoms with Gasteiger partial charge in [0.1, 0.15) is 5.75 Å². The second-order valence-corrected chi connectivity index (χ2v) is 11.9. The van der Waals surface area contributed by atoms with Gasteiger partial charge in [-0.3, -0.25) is 9.78 Å². The molecule has 0 bridgehead atoms. The van der Waals surface area contributed by atoms with Crippen LogP contribution in [0.2, 0.25) is 0 Å². The lowest BCUT2D eigenvalue weighted by molar-refractivity contribution is -0.119. The number of nitrogens with one attached hydrogen (secondary N) is 3. The summed E-state index contributed by atoms with van der Waals surface area (Å²) < 4.78 is 26.4. The van der Waals surface area contributed by atoms with E-state index < -0.39 is 5.82 Å². The monoisotopic (exact) mass is 616 g/mol. The standard InChI is InChI=1S/C33H33FN4O3S2/c1-21(20-40-2)36-19-23-9-6-10-24(15-23)30-18-27-32(43-30)29(13-14-35-27)41-28-12-11-25(17-26(28)34)37-33(42)38-31(39)16-22-7-4-3-5-8-22/h3-15,17,21,30,36H,16,18-20H2,1-2H3,(H2,37,38,39,42)/t21-,30?/m0/s1. The highest BCUT2D eigenvalue weighted by atomic mass is 32.2. The molecule has 3 aromatic carbocycles. The fraction of sp³-hybridized carbons (Fsp3) is 0.242. The number of hydrogen-bond donors (Lipinski definition) is 3. The molecule has 1 unspecified atom stereocenters. The third-order valence-electron chi connectivity index (χ3n) is 6.85. The molecule has 2 atom stereocenters. The Bertz CT molecular complexity index is 1590. The van der Waals surface area contributed by atoms with Crippen LogP contribution in [-0.4, -0.2) is 35.8 Å². The van der Waals surface area contributed by atoms with Gasteiger partial charge in [-0.2, -0.15) is 0 Å². The molecular formula is C33H33FN4O3S2. The van der Waals surface area contributed by atoms with Gasteiger partial charge in [0.05, 0.1) is 23.6 Å². The highest BCUT2D eigenvalue weighted by Crippen LogP contribution is 2.50. The zero-order chi connectivity index (χ0) is 30.2. The average molecular weight is 617 g/mol. The molecule has 10 heteroatoms. The summed E-state index contributed by atoms with van der Waals surface area (Å²) in [5, 5.41) is 9.23. The van der Waals surface area contributed by atoms with Crippen LogP contribution in [0.5, 0.6) is 11.5 Å². The molecule has 0 aliphatic carbocycles. The molecule has 2 heterocycles. The molecule has 1 aliphatic rings. The predicted octanol–water partition coefficient (Wildman–Crippen LogP) is 6.58. The lowest BCUT2D eigenvalue weighted by Crippen LogP contribution is -2.35. The molecule has 5 rings (SSSR count). The summed E-state index contributed by atoms with van der Waals surface area (Å²) in [7, 11) is 1.70. The van der Waals surface area contributed by atoms with E-state index in [0.29, 0.717) is 18.0 Å². The summed E-state index contributed by atoms with van der Waals surface area (Å²) in [6, 6.07) is 24.4. The van der Waals surface area contributed by atoms with Crippen molar-refractivity contribution >= 4 is 40.7 Å². The van der Waals surface area contributed by atoms with Crippen molar-refractivity contribution in [3.8, 4) is 11.5 Å². The van der Waals surface area contributed by atoms with Crippen molar-refractivity contribution < 1.29 is 18.7 Å². The van der Waals surface area contributed by atoms with E-state index in [1.807, 2.05) is 30.3 Å². The third-order valence-corrected chi connectivity index (χ3v) is 8.45. The molecule has 1 aliphatic heterocycles. The number of halogens is 1. The first-order chi connectivity index (χ1) is 20.9. The summed E-state index contributed by atoms with van der Waals surface area (Å²) in [6.45, 7) is 3.51. The van der Waals surface area contributed by atoms with E-state index >= 15 is 4.39 Å². The maximum Gasteiger partial charge on any atom is 0.230 e. The molecule has 0 saturated carbocycles. The van der Waals surface area contributed by atoms with Gasteiger partial charge in [0.25, 0.3) is 0 Å². The first-order valence-corrected chi connectivity index (χ1v) is 15.2. The first-order valence-electron chi connectivity index (χ1n) is 14.0. The van der Waals surface area contributed by atoms with E-state index in [4.69, 9.17) is 21.7 Å². The molecule has 3 N–H and O–H groups in total. The number of amides is 1. The van der Waals surface area contributed by atoms with Crippen LogP contribution >= 0.6 is 24.0 Å². The minimum atomic E-state index is -0.559. The molecule has 222 valence electrons. The van der Waals surface area contributed by atoms with Gasteiger partial charge in [0.15, 0.2) is 16.7 Å². The molecule has 0 spiro atoms. The van der Waals surface area contributed by atoms with Crippen LogP contribution < -0.4 is 20.7 Å². The van der Waals surface area contributed by atoms with E-state index in [0.717, 1.165) is 29.1 Å². The Balaban J connectivity index is 1.20. The number of rotatable bonds is 11. The van der Waals surface area contributed by atoms with E-state index in [1.54, 1.807) is 37.2 Å². The molecule has 43 heavy (non-hydrogen) atoms. The van der Waals surface area contributed by atoms with Crippen molar-refractivity contribution in [1.29, 1.82) is 0 Å². The molecule has 0 saturated heterocycles. The lowest BCUT2D eigenvalue weighted by atomic mass is 10.0. The van der Waals surface area contributed by atoms with Gasteiger partial charge in [-0.05, 0) is 48.0 Å². The Hall–Kier alpha value is -3.83. The fourth-order valence-corrected chi connectivity index (χ4v) is 6.31. The van der Waals surface area contributed by atoms with E-state index in [-0.39, 0.29) is 34.5 Å². The Morgan fingerprint density at radius 2 is 1.88 bits per heavy atom. The van der Waals surface area contributed by atoms with E-state index in [9.17, 15) is 4.79 Å². The van der Waals surface area contributed by atoms with Crippen molar-refractivity contribution in [3.63, 3.8) is 0 Å². The first kappa shape index (κ1) is 30.6. The maximum atomic E-state index is 15.1. The minimum Gasteiger partial charge on any atom is -0.453 e. The van der Waals surface area contributed by atoms with Gasteiger partial charge in [0.2, 0.25) is 5.91 Å². The van der Waals surface area contributed by atoms with Crippen LogP contribution in [0.3, 0.4) is 0 Å². The van der Waals surface area contributed by atoms with Gasteiger partial charge < -0.3 is 25.4 Å². The number of thioether (sulfide) groups is 1. The molecule has 0 fully saturated rings. The Morgan fingerprint density at radius 1 is 1.07 bits per heavy atom. The van der Waals surface area contributed by atoms with Gasteiger partial charge >= 0.3 is 0 Å². The Labute approximate surface area is 260 Å². The number of ether oxygens (including phenoxy) is 2. The number of carbonyl (C=O) groups excluding carboxylic acids is 1. The number of nitrogens with zero attached hydrogens (tertiary/aromatic N) is 1. The zero-order valence-corrected chi connectivity index (χ0v) is 25.6. The van der Waals surface area contributed by atoms with Crippen LogP contribution in [0, 0.1) is 5.82 Å². The minimum absolute atomic E-state index is 0.0836. The van der Waals surface area contributed by atoms with Crippen LogP contribution in [0.4, 0.5) is 10.1 Å². The van der Waals surface area contributed by atoms with E-state index in [1.165, 1.54) is 23.3 Å².